The number of carbonyl (C=O) groups excluding carboxylic acids is 1. The van der Waals surface area contributed by atoms with Gasteiger partial charge in [-0.1, -0.05) is 71.1 Å². The highest BCUT2D eigenvalue weighted by atomic mass is 16.5. The Morgan fingerprint density at radius 1 is 0.947 bits per heavy atom. The van der Waals surface area contributed by atoms with E-state index in [4.69, 9.17) is 4.74 Å². The van der Waals surface area contributed by atoms with E-state index < -0.39 is 0 Å². The molecular formula is C17H32O2. The summed E-state index contributed by atoms with van der Waals surface area (Å²) >= 11 is 0. The second kappa shape index (κ2) is 11.3. The molecule has 1 aliphatic carbocycles. The van der Waals surface area contributed by atoms with E-state index in [2.05, 4.69) is 6.92 Å². The van der Waals surface area contributed by atoms with Gasteiger partial charge in [0.1, 0.15) is 0 Å². The first-order chi connectivity index (χ1) is 9.33. The van der Waals surface area contributed by atoms with Gasteiger partial charge < -0.3 is 4.74 Å². The minimum Gasteiger partial charge on any atom is -0.466 e. The van der Waals surface area contributed by atoms with Gasteiger partial charge in [-0.2, -0.15) is 0 Å². The summed E-state index contributed by atoms with van der Waals surface area (Å²) in [4.78, 5) is 11.4. The second-order valence-corrected chi connectivity index (χ2v) is 6.03. The first-order valence-corrected chi connectivity index (χ1v) is 8.48. The summed E-state index contributed by atoms with van der Waals surface area (Å²) in [5.41, 5.74) is 0. The van der Waals surface area contributed by atoms with E-state index in [1.807, 2.05) is 0 Å². The normalized spacial score (nSPS) is 14.6. The lowest BCUT2D eigenvalue weighted by atomic mass is 10.1. The van der Waals surface area contributed by atoms with Gasteiger partial charge in [0.05, 0.1) is 6.61 Å². The van der Waals surface area contributed by atoms with Gasteiger partial charge in [-0.25, -0.2) is 0 Å². The Balaban J connectivity index is 1.72. The number of carbonyl (C=O) groups is 1. The van der Waals surface area contributed by atoms with Crippen LogP contribution >= 0.6 is 0 Å². The van der Waals surface area contributed by atoms with Crippen molar-refractivity contribution in [3.63, 3.8) is 0 Å². The molecule has 0 bridgehead atoms. The zero-order valence-electron chi connectivity index (χ0n) is 12.8. The third-order valence-electron chi connectivity index (χ3n) is 3.95. The summed E-state index contributed by atoms with van der Waals surface area (Å²) in [6, 6.07) is 0. The fraction of sp³-hybridized carbons (Fsp3) is 0.941. The van der Waals surface area contributed by atoms with Crippen molar-refractivity contribution in [2.75, 3.05) is 6.61 Å². The molecule has 1 saturated carbocycles. The van der Waals surface area contributed by atoms with Gasteiger partial charge in [0.2, 0.25) is 0 Å². The summed E-state index contributed by atoms with van der Waals surface area (Å²) in [7, 11) is 0. The Morgan fingerprint density at radius 2 is 1.63 bits per heavy atom. The van der Waals surface area contributed by atoms with Crippen LogP contribution in [-0.2, 0) is 9.53 Å². The van der Waals surface area contributed by atoms with Gasteiger partial charge in [0.15, 0.2) is 0 Å². The van der Waals surface area contributed by atoms with Crippen LogP contribution < -0.4 is 0 Å². The van der Waals surface area contributed by atoms with Crippen LogP contribution in [0.3, 0.4) is 0 Å². The molecule has 0 aromatic carbocycles. The molecule has 112 valence electrons. The smallest absolute Gasteiger partial charge is 0.305 e. The first kappa shape index (κ1) is 16.5. The molecule has 0 unspecified atom stereocenters. The zero-order chi connectivity index (χ0) is 13.8. The van der Waals surface area contributed by atoms with E-state index in [0.717, 1.165) is 25.2 Å². The van der Waals surface area contributed by atoms with Gasteiger partial charge in [-0.3, -0.25) is 4.79 Å². The number of hydrogen-bond acceptors (Lipinski definition) is 2. The average molecular weight is 268 g/mol. The Morgan fingerprint density at radius 3 is 2.32 bits per heavy atom. The molecule has 0 atom stereocenters. The van der Waals surface area contributed by atoms with Crippen LogP contribution in [0.15, 0.2) is 0 Å². The molecule has 19 heavy (non-hydrogen) atoms. The molecule has 1 rings (SSSR count). The molecular weight excluding hydrogens is 236 g/mol. The number of esters is 1. The van der Waals surface area contributed by atoms with Crippen molar-refractivity contribution >= 4 is 5.97 Å². The zero-order valence-corrected chi connectivity index (χ0v) is 12.8. The Kier molecular flexibility index (Phi) is 9.84. The molecule has 0 spiro atoms. The molecule has 0 N–H and O–H groups in total. The van der Waals surface area contributed by atoms with Crippen LogP contribution in [0.4, 0.5) is 0 Å². The van der Waals surface area contributed by atoms with Gasteiger partial charge in [-0.05, 0) is 18.8 Å². The lowest BCUT2D eigenvalue weighted by Crippen LogP contribution is -2.05. The molecule has 0 saturated heterocycles. The minimum absolute atomic E-state index is 0.00448. The van der Waals surface area contributed by atoms with Gasteiger partial charge in [0, 0.05) is 6.42 Å². The standard InChI is InChI=1S/C17H32O2/c1-2-3-10-15-19-17(18)12-9-7-5-4-6-8-11-16-13-14-16/h16H,2-15H2,1H3. The van der Waals surface area contributed by atoms with Crippen LogP contribution in [0.2, 0.25) is 0 Å². The van der Waals surface area contributed by atoms with Crippen LogP contribution in [0.5, 0.6) is 0 Å². The van der Waals surface area contributed by atoms with Gasteiger partial charge >= 0.3 is 5.97 Å². The topological polar surface area (TPSA) is 26.3 Å². The molecule has 2 heteroatoms. The quantitative estimate of drug-likeness (QED) is 0.337. The van der Waals surface area contributed by atoms with Crippen molar-refractivity contribution in [3.05, 3.63) is 0 Å². The highest BCUT2D eigenvalue weighted by Gasteiger charge is 2.19. The highest BCUT2D eigenvalue weighted by molar-refractivity contribution is 5.69. The van der Waals surface area contributed by atoms with E-state index in [0.29, 0.717) is 13.0 Å². The van der Waals surface area contributed by atoms with Crippen molar-refractivity contribution in [3.8, 4) is 0 Å². The van der Waals surface area contributed by atoms with Crippen LogP contribution in [-0.4, -0.2) is 12.6 Å². The second-order valence-electron chi connectivity index (χ2n) is 6.03. The summed E-state index contributed by atoms with van der Waals surface area (Å²) in [5, 5.41) is 0. The van der Waals surface area contributed by atoms with Crippen molar-refractivity contribution in [1.29, 1.82) is 0 Å². The number of hydrogen-bond donors (Lipinski definition) is 0. The average Bonchev–Trinajstić information content (AvgIpc) is 3.22. The predicted octanol–water partition coefficient (Wildman–Crippen LogP) is 5.25. The van der Waals surface area contributed by atoms with Crippen molar-refractivity contribution < 1.29 is 9.53 Å². The van der Waals surface area contributed by atoms with E-state index >= 15 is 0 Å². The first-order valence-electron chi connectivity index (χ1n) is 8.48. The molecule has 0 aliphatic heterocycles. The van der Waals surface area contributed by atoms with Gasteiger partial charge in [0.25, 0.3) is 0 Å². The molecule has 0 amide bonds. The lowest BCUT2D eigenvalue weighted by Gasteiger charge is -2.04. The molecule has 0 aromatic rings. The van der Waals surface area contributed by atoms with E-state index in [1.165, 1.54) is 57.8 Å². The monoisotopic (exact) mass is 268 g/mol. The maximum atomic E-state index is 11.4. The fourth-order valence-corrected chi connectivity index (χ4v) is 2.43. The summed E-state index contributed by atoms with van der Waals surface area (Å²) < 4.78 is 5.18. The SMILES string of the molecule is CCCCCOC(=O)CCCCCCCCC1CC1. The van der Waals surface area contributed by atoms with Gasteiger partial charge in [-0.15, -0.1) is 0 Å². The van der Waals surface area contributed by atoms with Crippen molar-refractivity contribution in [1.82, 2.24) is 0 Å². The minimum atomic E-state index is 0.00448. The Hall–Kier alpha value is -0.530. The molecule has 2 nitrogen and oxygen atoms in total. The molecule has 0 aromatic heterocycles. The molecule has 1 aliphatic rings. The maximum Gasteiger partial charge on any atom is 0.305 e. The Bertz CT molecular complexity index is 221. The number of ether oxygens (including phenoxy) is 1. The lowest BCUT2D eigenvalue weighted by molar-refractivity contribution is -0.143. The largest absolute Gasteiger partial charge is 0.466 e. The van der Waals surface area contributed by atoms with Crippen LogP contribution in [0, 0.1) is 5.92 Å². The van der Waals surface area contributed by atoms with Crippen molar-refractivity contribution in [2.24, 2.45) is 5.92 Å². The summed E-state index contributed by atoms with van der Waals surface area (Å²) in [6.45, 7) is 2.78. The maximum absolute atomic E-state index is 11.4. The van der Waals surface area contributed by atoms with Crippen LogP contribution in [0.1, 0.15) is 90.4 Å². The third kappa shape index (κ3) is 11.0. The fourth-order valence-electron chi connectivity index (χ4n) is 2.43. The van der Waals surface area contributed by atoms with Crippen LogP contribution in [0.25, 0.3) is 0 Å². The van der Waals surface area contributed by atoms with E-state index in [9.17, 15) is 4.79 Å². The highest BCUT2D eigenvalue weighted by Crippen LogP contribution is 2.34. The number of unbranched alkanes of at least 4 members (excludes halogenated alkanes) is 7. The molecule has 1 fully saturated rings. The van der Waals surface area contributed by atoms with E-state index in [1.54, 1.807) is 0 Å². The van der Waals surface area contributed by atoms with Crippen molar-refractivity contribution in [2.45, 2.75) is 90.4 Å². The molecule has 0 radical (unpaired) electrons. The number of rotatable bonds is 13. The third-order valence-corrected chi connectivity index (χ3v) is 3.95. The summed E-state index contributed by atoms with van der Waals surface area (Å²) in [6.07, 6.45) is 16.0. The van der Waals surface area contributed by atoms with E-state index in [-0.39, 0.29) is 5.97 Å². The Labute approximate surface area is 119 Å². The predicted molar refractivity (Wildman–Crippen MR) is 80.1 cm³/mol. The summed E-state index contributed by atoms with van der Waals surface area (Å²) in [5.74, 6) is 1.09. The molecule has 0 heterocycles.